The number of nitrogens with one attached hydrogen (secondary N) is 1. The Morgan fingerprint density at radius 3 is 2.04 bits per heavy atom. The van der Waals surface area contributed by atoms with Crippen LogP contribution in [0, 0.1) is 0 Å². The average molecular weight is 377 g/mol. The number of aliphatic hydroxyl groups excluding tert-OH is 1. The molecule has 0 amide bonds. The molecule has 3 aromatic rings. The smallest absolute Gasteiger partial charge is 0.126 e. The molecule has 0 aliphatic rings. The van der Waals surface area contributed by atoms with Crippen molar-refractivity contribution >= 4 is 0 Å². The molecule has 0 aromatic heterocycles. The highest BCUT2D eigenvalue weighted by Crippen LogP contribution is 2.42. The first-order valence-electron chi connectivity index (χ1n) is 9.50. The van der Waals surface area contributed by atoms with E-state index in [0.29, 0.717) is 6.54 Å². The number of ether oxygens (including phenoxy) is 2. The first-order valence-corrected chi connectivity index (χ1v) is 9.50. The van der Waals surface area contributed by atoms with Crippen LogP contribution in [-0.2, 0) is 6.54 Å². The highest BCUT2D eigenvalue weighted by molar-refractivity contribution is 5.90. The highest BCUT2D eigenvalue weighted by Gasteiger charge is 2.17. The monoisotopic (exact) mass is 377 g/mol. The summed E-state index contributed by atoms with van der Waals surface area (Å²) in [5.74, 6) is 1.67. The summed E-state index contributed by atoms with van der Waals surface area (Å²) in [4.78, 5) is 0. The van der Waals surface area contributed by atoms with Crippen molar-refractivity contribution in [3.63, 3.8) is 0 Å². The highest BCUT2D eigenvalue weighted by atomic mass is 16.5. The van der Waals surface area contributed by atoms with E-state index in [1.807, 2.05) is 36.4 Å². The third-order valence-corrected chi connectivity index (χ3v) is 4.75. The predicted molar refractivity (Wildman–Crippen MR) is 114 cm³/mol. The van der Waals surface area contributed by atoms with Crippen molar-refractivity contribution in [2.75, 3.05) is 27.4 Å². The summed E-state index contributed by atoms with van der Waals surface area (Å²) in [6, 6.07) is 22.5. The van der Waals surface area contributed by atoms with Gasteiger partial charge in [0.15, 0.2) is 0 Å². The minimum absolute atomic E-state index is 0.188. The second-order valence-electron chi connectivity index (χ2n) is 6.49. The average Bonchev–Trinajstić information content (AvgIpc) is 2.76. The van der Waals surface area contributed by atoms with Gasteiger partial charge in [-0.15, -0.1) is 0 Å². The van der Waals surface area contributed by atoms with Gasteiger partial charge in [0.25, 0.3) is 0 Å². The van der Waals surface area contributed by atoms with Crippen LogP contribution in [0.4, 0.5) is 0 Å². The van der Waals surface area contributed by atoms with Crippen LogP contribution in [0.5, 0.6) is 11.5 Å². The molecule has 0 aliphatic heterocycles. The van der Waals surface area contributed by atoms with Crippen LogP contribution in [0.3, 0.4) is 0 Å². The number of methoxy groups -OCH3 is 2. The molecule has 0 unspecified atom stereocenters. The van der Waals surface area contributed by atoms with Crippen molar-refractivity contribution in [1.29, 1.82) is 0 Å². The predicted octanol–water partition coefficient (Wildman–Crippen LogP) is 4.51. The van der Waals surface area contributed by atoms with Gasteiger partial charge < -0.3 is 19.9 Å². The fourth-order valence-electron chi connectivity index (χ4n) is 3.44. The van der Waals surface area contributed by atoms with E-state index in [4.69, 9.17) is 14.6 Å². The van der Waals surface area contributed by atoms with E-state index in [2.05, 4.69) is 35.6 Å². The van der Waals surface area contributed by atoms with Crippen LogP contribution in [0.1, 0.15) is 12.0 Å². The summed E-state index contributed by atoms with van der Waals surface area (Å²) in [5.41, 5.74) is 5.49. The van der Waals surface area contributed by atoms with Gasteiger partial charge in [0, 0.05) is 24.3 Å². The minimum atomic E-state index is 0.188. The Morgan fingerprint density at radius 1 is 0.750 bits per heavy atom. The normalized spacial score (nSPS) is 10.7. The maximum Gasteiger partial charge on any atom is 0.126 e. The summed E-state index contributed by atoms with van der Waals surface area (Å²) in [6.45, 7) is 1.66. The van der Waals surface area contributed by atoms with Crippen molar-refractivity contribution in [3.05, 3.63) is 72.3 Å². The molecular formula is C24H27NO3. The first-order chi connectivity index (χ1) is 13.8. The van der Waals surface area contributed by atoms with Gasteiger partial charge >= 0.3 is 0 Å². The third-order valence-electron chi connectivity index (χ3n) is 4.75. The van der Waals surface area contributed by atoms with Crippen molar-refractivity contribution in [2.24, 2.45) is 0 Å². The number of benzene rings is 3. The zero-order valence-electron chi connectivity index (χ0n) is 16.4. The molecule has 4 heteroatoms. The molecule has 0 bridgehead atoms. The van der Waals surface area contributed by atoms with Gasteiger partial charge in [-0.05, 0) is 41.8 Å². The summed E-state index contributed by atoms with van der Waals surface area (Å²) < 4.78 is 11.3. The second kappa shape index (κ2) is 9.93. The molecule has 0 saturated carbocycles. The fraction of sp³-hybridized carbons (Fsp3) is 0.250. The molecule has 4 nitrogen and oxygen atoms in total. The standard InChI is InChI=1S/C24H27NO3/c1-27-22-13-5-3-10-19(22)20-12-7-9-18(17-25-15-8-16-26)24(20)21-11-4-6-14-23(21)28-2/h3-7,9-14,25-26H,8,15-17H2,1-2H3. The Kier molecular flexibility index (Phi) is 7.06. The van der Waals surface area contributed by atoms with Crippen LogP contribution in [0.25, 0.3) is 22.3 Å². The molecule has 3 rings (SSSR count). The minimum Gasteiger partial charge on any atom is -0.496 e. The first kappa shape index (κ1) is 19.9. The number of hydrogen-bond donors (Lipinski definition) is 2. The topological polar surface area (TPSA) is 50.7 Å². The number of aliphatic hydroxyl groups is 1. The van der Waals surface area contributed by atoms with E-state index in [-0.39, 0.29) is 6.61 Å². The molecule has 0 saturated heterocycles. The van der Waals surface area contributed by atoms with Crippen LogP contribution in [-0.4, -0.2) is 32.5 Å². The lowest BCUT2D eigenvalue weighted by Gasteiger charge is -2.19. The van der Waals surface area contributed by atoms with Gasteiger partial charge in [0.1, 0.15) is 11.5 Å². The van der Waals surface area contributed by atoms with Gasteiger partial charge in [-0.1, -0.05) is 54.6 Å². The van der Waals surface area contributed by atoms with Gasteiger partial charge in [-0.3, -0.25) is 0 Å². The van der Waals surface area contributed by atoms with E-state index < -0.39 is 0 Å². The summed E-state index contributed by atoms with van der Waals surface area (Å²) in [6.07, 6.45) is 0.732. The Bertz CT molecular complexity index is 908. The van der Waals surface area contributed by atoms with Crippen molar-refractivity contribution in [3.8, 4) is 33.8 Å². The van der Waals surface area contributed by atoms with Crippen LogP contribution in [0.2, 0.25) is 0 Å². The zero-order chi connectivity index (χ0) is 19.8. The quantitative estimate of drug-likeness (QED) is 0.539. The summed E-state index contributed by atoms with van der Waals surface area (Å²) in [7, 11) is 3.39. The molecule has 0 spiro atoms. The van der Waals surface area contributed by atoms with Crippen LogP contribution >= 0.6 is 0 Å². The molecule has 0 fully saturated rings. The van der Waals surface area contributed by atoms with Gasteiger partial charge in [0.05, 0.1) is 14.2 Å². The van der Waals surface area contributed by atoms with Crippen molar-refractivity contribution < 1.29 is 14.6 Å². The lowest BCUT2D eigenvalue weighted by molar-refractivity contribution is 0.286. The number of para-hydroxylation sites is 2. The van der Waals surface area contributed by atoms with Crippen molar-refractivity contribution in [1.82, 2.24) is 5.32 Å². The Hall–Kier alpha value is -2.82. The van der Waals surface area contributed by atoms with Crippen LogP contribution < -0.4 is 14.8 Å². The maximum absolute atomic E-state index is 9.04. The van der Waals surface area contributed by atoms with Crippen LogP contribution in [0.15, 0.2) is 66.7 Å². The molecule has 0 radical (unpaired) electrons. The molecule has 28 heavy (non-hydrogen) atoms. The van der Waals surface area contributed by atoms with Gasteiger partial charge in [-0.2, -0.15) is 0 Å². The molecule has 2 N–H and O–H groups in total. The van der Waals surface area contributed by atoms with E-state index in [0.717, 1.165) is 46.7 Å². The van der Waals surface area contributed by atoms with Gasteiger partial charge in [0.2, 0.25) is 0 Å². The summed E-state index contributed by atoms with van der Waals surface area (Å²) >= 11 is 0. The molecule has 0 heterocycles. The molecule has 146 valence electrons. The zero-order valence-corrected chi connectivity index (χ0v) is 16.4. The van der Waals surface area contributed by atoms with Crippen molar-refractivity contribution in [2.45, 2.75) is 13.0 Å². The number of rotatable bonds is 9. The Balaban J connectivity index is 2.17. The maximum atomic E-state index is 9.04. The summed E-state index contributed by atoms with van der Waals surface area (Å²) in [5, 5.41) is 12.5. The molecule has 3 aromatic carbocycles. The Labute approximate surface area is 166 Å². The molecular weight excluding hydrogens is 350 g/mol. The van der Waals surface area contributed by atoms with E-state index in [9.17, 15) is 0 Å². The number of hydrogen-bond acceptors (Lipinski definition) is 4. The Morgan fingerprint density at radius 2 is 1.36 bits per heavy atom. The van der Waals surface area contributed by atoms with E-state index in [1.165, 1.54) is 5.56 Å². The lowest BCUT2D eigenvalue weighted by Crippen LogP contribution is -2.16. The van der Waals surface area contributed by atoms with E-state index in [1.54, 1.807) is 14.2 Å². The lowest BCUT2D eigenvalue weighted by atomic mass is 9.89. The van der Waals surface area contributed by atoms with Gasteiger partial charge in [-0.25, -0.2) is 0 Å². The molecule has 0 aliphatic carbocycles. The molecule has 0 atom stereocenters. The second-order valence-corrected chi connectivity index (χ2v) is 6.49. The SMILES string of the molecule is COc1ccccc1-c1cccc(CNCCCO)c1-c1ccccc1OC. The third kappa shape index (κ3) is 4.35. The van der Waals surface area contributed by atoms with E-state index >= 15 is 0 Å². The largest absolute Gasteiger partial charge is 0.496 e. The fourth-order valence-corrected chi connectivity index (χ4v) is 3.44.